The van der Waals surface area contributed by atoms with Crippen LogP contribution in [-0.2, 0) is 4.79 Å². The number of halogens is 2. The van der Waals surface area contributed by atoms with Gasteiger partial charge < -0.3 is 20.5 Å². The Labute approximate surface area is 206 Å². The lowest BCUT2D eigenvalue weighted by molar-refractivity contribution is -0.143. The molecule has 0 heterocycles. The third-order valence-electron chi connectivity index (χ3n) is 6.32. The van der Waals surface area contributed by atoms with Crippen LogP contribution in [0.25, 0.3) is 10.8 Å². The Bertz CT molecular complexity index is 1290. The number of ether oxygens (including phenoxy) is 1. The number of hydrogen-bond donors (Lipinski definition) is 3. The SMILES string of the molecule is O=C(NCCNC(=O)c1ccc(OC2CCC(C(=O)O)CC2)c(F)c1F)c1ccc2ccccc2c1. The zero-order valence-electron chi connectivity index (χ0n) is 19.4. The monoisotopic (exact) mass is 496 g/mol. The number of hydrogen-bond acceptors (Lipinski definition) is 4. The van der Waals surface area contributed by atoms with Gasteiger partial charge in [-0.05, 0) is 60.7 Å². The molecule has 0 saturated heterocycles. The van der Waals surface area contributed by atoms with Crippen LogP contribution >= 0.6 is 0 Å². The lowest BCUT2D eigenvalue weighted by Gasteiger charge is -2.27. The molecule has 188 valence electrons. The second-order valence-electron chi connectivity index (χ2n) is 8.74. The Morgan fingerprint density at radius 3 is 2.19 bits per heavy atom. The summed E-state index contributed by atoms with van der Waals surface area (Å²) in [6, 6.07) is 15.3. The van der Waals surface area contributed by atoms with Gasteiger partial charge in [-0.25, -0.2) is 4.39 Å². The summed E-state index contributed by atoms with van der Waals surface area (Å²) >= 11 is 0. The fourth-order valence-electron chi connectivity index (χ4n) is 4.29. The molecule has 0 bridgehead atoms. The fraction of sp³-hybridized carbons (Fsp3) is 0.296. The molecular formula is C27H26F2N2O5. The summed E-state index contributed by atoms with van der Waals surface area (Å²) in [6.45, 7) is 0.117. The van der Waals surface area contributed by atoms with Gasteiger partial charge in [-0.1, -0.05) is 30.3 Å². The van der Waals surface area contributed by atoms with Gasteiger partial charge in [0.25, 0.3) is 11.8 Å². The first-order valence-corrected chi connectivity index (χ1v) is 11.8. The molecule has 3 aromatic rings. The molecule has 3 aromatic carbocycles. The molecule has 0 radical (unpaired) electrons. The number of amides is 2. The molecule has 0 aliphatic heterocycles. The lowest BCUT2D eigenvalue weighted by Crippen LogP contribution is -2.35. The van der Waals surface area contributed by atoms with Crippen LogP contribution in [0.5, 0.6) is 5.75 Å². The van der Waals surface area contributed by atoms with Crippen LogP contribution in [0, 0.1) is 17.6 Å². The largest absolute Gasteiger partial charge is 0.487 e. The Hall–Kier alpha value is -4.01. The number of carboxylic acid groups (broad SMARTS) is 1. The van der Waals surface area contributed by atoms with E-state index < -0.39 is 41.1 Å². The van der Waals surface area contributed by atoms with Crippen molar-refractivity contribution in [1.82, 2.24) is 10.6 Å². The van der Waals surface area contributed by atoms with Gasteiger partial charge in [-0.15, -0.1) is 0 Å². The maximum absolute atomic E-state index is 14.6. The lowest BCUT2D eigenvalue weighted by atomic mass is 9.87. The first-order chi connectivity index (χ1) is 17.3. The summed E-state index contributed by atoms with van der Waals surface area (Å²) in [7, 11) is 0. The van der Waals surface area contributed by atoms with Crippen molar-refractivity contribution in [1.29, 1.82) is 0 Å². The van der Waals surface area contributed by atoms with E-state index in [1.165, 1.54) is 6.07 Å². The van der Waals surface area contributed by atoms with Crippen molar-refractivity contribution < 1.29 is 33.0 Å². The van der Waals surface area contributed by atoms with Gasteiger partial charge in [-0.2, -0.15) is 4.39 Å². The minimum absolute atomic E-state index is 0.0181. The van der Waals surface area contributed by atoms with Crippen LogP contribution in [-0.4, -0.2) is 42.1 Å². The van der Waals surface area contributed by atoms with Crippen LogP contribution in [0.15, 0.2) is 54.6 Å². The van der Waals surface area contributed by atoms with Crippen molar-refractivity contribution in [2.75, 3.05) is 13.1 Å². The molecule has 36 heavy (non-hydrogen) atoms. The molecule has 0 unspecified atom stereocenters. The highest BCUT2D eigenvalue weighted by atomic mass is 19.2. The van der Waals surface area contributed by atoms with Gasteiger partial charge in [0.15, 0.2) is 11.6 Å². The molecule has 3 N–H and O–H groups in total. The summed E-state index contributed by atoms with van der Waals surface area (Å²) in [6.07, 6.45) is 1.24. The highest BCUT2D eigenvalue weighted by Gasteiger charge is 2.28. The summed E-state index contributed by atoms with van der Waals surface area (Å²) in [5.74, 6) is -5.36. The summed E-state index contributed by atoms with van der Waals surface area (Å²) < 4.78 is 34.6. The summed E-state index contributed by atoms with van der Waals surface area (Å²) in [4.78, 5) is 35.8. The number of nitrogens with one attached hydrogen (secondary N) is 2. The van der Waals surface area contributed by atoms with Crippen LogP contribution in [0.3, 0.4) is 0 Å². The van der Waals surface area contributed by atoms with E-state index in [4.69, 9.17) is 9.84 Å². The Morgan fingerprint density at radius 2 is 1.50 bits per heavy atom. The molecule has 2 amide bonds. The van der Waals surface area contributed by atoms with Gasteiger partial charge in [0.1, 0.15) is 0 Å². The van der Waals surface area contributed by atoms with Crippen LogP contribution in [0.2, 0.25) is 0 Å². The highest BCUT2D eigenvalue weighted by molar-refractivity contribution is 5.98. The van der Waals surface area contributed by atoms with E-state index in [1.807, 2.05) is 30.3 Å². The van der Waals surface area contributed by atoms with E-state index in [0.29, 0.717) is 31.2 Å². The Balaban J connectivity index is 1.27. The van der Waals surface area contributed by atoms with Gasteiger partial charge in [0.05, 0.1) is 17.6 Å². The van der Waals surface area contributed by atoms with Gasteiger partial charge in [0.2, 0.25) is 5.82 Å². The zero-order chi connectivity index (χ0) is 25.7. The standard InChI is InChI=1S/C27H26F2N2O5/c28-23-21(11-12-22(24(23)29)36-20-9-7-17(8-10-20)27(34)35)26(33)31-14-13-30-25(32)19-6-5-16-3-1-2-4-18(16)15-19/h1-6,11-12,15,17,20H,7-10,13-14H2,(H,30,32)(H,31,33)(H,34,35). The van der Waals surface area contributed by atoms with Crippen LogP contribution in [0.1, 0.15) is 46.4 Å². The first kappa shape index (κ1) is 25.1. The van der Waals surface area contributed by atoms with Crippen molar-refractivity contribution in [3.05, 3.63) is 77.4 Å². The third-order valence-corrected chi connectivity index (χ3v) is 6.32. The zero-order valence-corrected chi connectivity index (χ0v) is 19.4. The number of carbonyl (C=O) groups excluding carboxylic acids is 2. The smallest absolute Gasteiger partial charge is 0.306 e. The van der Waals surface area contributed by atoms with Gasteiger partial charge in [0, 0.05) is 18.7 Å². The number of fused-ring (bicyclic) bond motifs is 1. The second-order valence-corrected chi connectivity index (χ2v) is 8.74. The van der Waals surface area contributed by atoms with Crippen LogP contribution < -0.4 is 15.4 Å². The average molecular weight is 497 g/mol. The quantitative estimate of drug-likeness (QED) is 0.404. The Morgan fingerprint density at radius 1 is 0.833 bits per heavy atom. The number of aliphatic carboxylic acids is 1. The molecule has 7 nitrogen and oxygen atoms in total. The molecule has 4 rings (SSSR count). The van der Waals surface area contributed by atoms with Gasteiger partial charge >= 0.3 is 5.97 Å². The molecule has 0 atom stereocenters. The minimum Gasteiger partial charge on any atom is -0.487 e. The van der Waals surface area contributed by atoms with Crippen molar-refractivity contribution in [3.63, 3.8) is 0 Å². The molecule has 1 saturated carbocycles. The van der Waals surface area contributed by atoms with E-state index in [2.05, 4.69) is 10.6 Å². The summed E-state index contributed by atoms with van der Waals surface area (Å²) in [5.41, 5.74) is -0.00420. The first-order valence-electron chi connectivity index (χ1n) is 11.8. The van der Waals surface area contributed by atoms with E-state index in [-0.39, 0.29) is 24.7 Å². The minimum atomic E-state index is -1.33. The second kappa shape index (κ2) is 11.2. The molecule has 0 aromatic heterocycles. The number of rotatable bonds is 8. The molecular weight excluding hydrogens is 470 g/mol. The Kier molecular flexibility index (Phi) is 7.77. The van der Waals surface area contributed by atoms with Gasteiger partial charge in [-0.3, -0.25) is 14.4 Å². The predicted molar refractivity (Wildman–Crippen MR) is 129 cm³/mol. The highest BCUT2D eigenvalue weighted by Crippen LogP contribution is 2.30. The molecule has 1 aliphatic rings. The molecule has 9 heteroatoms. The maximum atomic E-state index is 14.6. The van der Waals surface area contributed by atoms with E-state index >= 15 is 0 Å². The summed E-state index contributed by atoms with van der Waals surface area (Å²) in [5, 5.41) is 16.1. The maximum Gasteiger partial charge on any atom is 0.306 e. The predicted octanol–water partition coefficient (Wildman–Crippen LogP) is 4.30. The number of benzene rings is 3. The van der Waals surface area contributed by atoms with Crippen molar-refractivity contribution >= 4 is 28.6 Å². The molecule has 0 spiro atoms. The van der Waals surface area contributed by atoms with E-state index in [0.717, 1.165) is 16.8 Å². The number of carbonyl (C=O) groups is 3. The average Bonchev–Trinajstić information content (AvgIpc) is 2.89. The molecule has 1 fully saturated rings. The normalized spacial score (nSPS) is 17.4. The third kappa shape index (κ3) is 5.79. The topological polar surface area (TPSA) is 105 Å². The fourth-order valence-corrected chi connectivity index (χ4v) is 4.29. The van der Waals surface area contributed by atoms with Crippen LogP contribution in [0.4, 0.5) is 8.78 Å². The van der Waals surface area contributed by atoms with Crippen molar-refractivity contribution in [3.8, 4) is 5.75 Å². The van der Waals surface area contributed by atoms with E-state index in [1.54, 1.807) is 12.1 Å². The molecule has 1 aliphatic carbocycles. The van der Waals surface area contributed by atoms with Crippen molar-refractivity contribution in [2.24, 2.45) is 5.92 Å². The van der Waals surface area contributed by atoms with Crippen molar-refractivity contribution in [2.45, 2.75) is 31.8 Å². The number of carboxylic acids is 1. The van der Waals surface area contributed by atoms with E-state index in [9.17, 15) is 23.2 Å².